The molecule has 0 aliphatic carbocycles. The third-order valence-corrected chi connectivity index (χ3v) is 11.5. The van der Waals surface area contributed by atoms with Crippen LogP contribution in [0.3, 0.4) is 0 Å². The largest absolute Gasteiger partial charge is 0.309 e. The van der Waals surface area contributed by atoms with Crippen LogP contribution in [-0.2, 0) is 0 Å². The third kappa shape index (κ3) is 4.53. The molecule has 56 heavy (non-hydrogen) atoms. The van der Waals surface area contributed by atoms with Crippen molar-refractivity contribution < 1.29 is 0 Å². The van der Waals surface area contributed by atoms with Crippen LogP contribution >= 0.6 is 0 Å². The molecule has 3 aromatic heterocycles. The van der Waals surface area contributed by atoms with Crippen LogP contribution in [0.2, 0.25) is 0 Å². The zero-order valence-electron chi connectivity index (χ0n) is 30.3. The highest BCUT2D eigenvalue weighted by molar-refractivity contribution is 6.14. The molecule has 0 bridgehead atoms. The van der Waals surface area contributed by atoms with Crippen LogP contribution in [0.25, 0.3) is 110 Å². The van der Waals surface area contributed by atoms with Gasteiger partial charge in [0.15, 0.2) is 5.82 Å². The number of benzene rings is 9. The minimum absolute atomic E-state index is 0.699. The normalized spacial score (nSPS) is 11.9. The molecule has 0 radical (unpaired) electrons. The van der Waals surface area contributed by atoms with Gasteiger partial charge in [-0.3, -0.25) is 0 Å². The summed E-state index contributed by atoms with van der Waals surface area (Å²) in [6.45, 7) is 0. The van der Waals surface area contributed by atoms with E-state index in [4.69, 9.17) is 9.97 Å². The van der Waals surface area contributed by atoms with Gasteiger partial charge < -0.3 is 9.13 Å². The lowest BCUT2D eigenvalue weighted by Gasteiger charge is -2.14. The molecule has 0 saturated heterocycles. The highest BCUT2D eigenvalue weighted by Gasteiger charge is 2.19. The second kappa shape index (κ2) is 12.0. The summed E-state index contributed by atoms with van der Waals surface area (Å²) in [5, 5.41) is 10.6. The van der Waals surface area contributed by atoms with Gasteiger partial charge in [-0.25, -0.2) is 9.97 Å². The summed E-state index contributed by atoms with van der Waals surface area (Å²) in [6.07, 6.45) is 0. The fourth-order valence-electron chi connectivity index (χ4n) is 8.99. The molecular formula is C52H32N4. The van der Waals surface area contributed by atoms with Crippen molar-refractivity contribution in [3.63, 3.8) is 0 Å². The maximum Gasteiger partial charge on any atom is 0.160 e. The van der Waals surface area contributed by atoms with Crippen LogP contribution in [0.15, 0.2) is 194 Å². The quantitative estimate of drug-likeness (QED) is 0.170. The lowest BCUT2D eigenvalue weighted by molar-refractivity contribution is 1.15. The predicted molar refractivity (Wildman–Crippen MR) is 234 cm³/mol. The summed E-state index contributed by atoms with van der Waals surface area (Å²) in [5.74, 6) is 0.699. The lowest BCUT2D eigenvalue weighted by atomic mass is 9.97. The Balaban J connectivity index is 1.10. The maximum atomic E-state index is 5.43. The van der Waals surface area contributed by atoms with Crippen molar-refractivity contribution in [3.05, 3.63) is 194 Å². The summed E-state index contributed by atoms with van der Waals surface area (Å²) in [4.78, 5) is 10.8. The monoisotopic (exact) mass is 712 g/mol. The Morgan fingerprint density at radius 1 is 0.321 bits per heavy atom. The average Bonchev–Trinajstić information content (AvgIpc) is 3.78. The van der Waals surface area contributed by atoms with Gasteiger partial charge in [-0.1, -0.05) is 146 Å². The molecule has 0 unspecified atom stereocenters. The highest BCUT2D eigenvalue weighted by atomic mass is 15.0. The minimum Gasteiger partial charge on any atom is -0.309 e. The standard InChI is InChI=1S/C52H32N4/c1-3-18-38-33(13-1)15-12-23-44(38)51-45-29-27-34-14-2-4-19-39(34)50(45)53-52(54-51)35-16-11-17-36(31-35)56-48-26-10-7-22-42(48)43-30-28-37(32-49(43)56)55-46-24-8-5-20-40(46)41-21-6-9-25-47(41)55/h1-32H. The average molecular weight is 713 g/mol. The molecule has 0 amide bonds. The van der Waals surface area contributed by atoms with Crippen LogP contribution in [0.5, 0.6) is 0 Å². The molecule has 0 atom stereocenters. The summed E-state index contributed by atoms with van der Waals surface area (Å²) >= 11 is 0. The van der Waals surface area contributed by atoms with Crippen molar-refractivity contribution in [2.24, 2.45) is 0 Å². The maximum absolute atomic E-state index is 5.43. The first kappa shape index (κ1) is 30.9. The number of fused-ring (bicyclic) bond motifs is 10. The Labute approximate surface area is 322 Å². The number of aromatic nitrogens is 4. The number of hydrogen-bond acceptors (Lipinski definition) is 2. The molecule has 0 aliphatic rings. The van der Waals surface area contributed by atoms with Gasteiger partial charge in [0.1, 0.15) is 0 Å². The van der Waals surface area contributed by atoms with E-state index in [1.165, 1.54) is 43.4 Å². The van der Waals surface area contributed by atoms with E-state index in [0.717, 1.165) is 60.9 Å². The Bertz CT molecular complexity index is 3490. The number of rotatable bonds is 4. The molecule has 0 saturated carbocycles. The fourth-order valence-corrected chi connectivity index (χ4v) is 8.99. The summed E-state index contributed by atoms with van der Waals surface area (Å²) in [6, 6.07) is 69.6. The van der Waals surface area contributed by atoms with Crippen molar-refractivity contribution in [2.75, 3.05) is 0 Å². The third-order valence-electron chi connectivity index (χ3n) is 11.5. The van der Waals surface area contributed by atoms with E-state index in [-0.39, 0.29) is 0 Å². The number of para-hydroxylation sites is 3. The van der Waals surface area contributed by atoms with Crippen molar-refractivity contribution in [3.8, 4) is 34.0 Å². The Kier molecular flexibility index (Phi) is 6.60. The van der Waals surface area contributed by atoms with Crippen molar-refractivity contribution in [2.45, 2.75) is 0 Å². The van der Waals surface area contributed by atoms with E-state index in [1.54, 1.807) is 0 Å². The van der Waals surface area contributed by atoms with Crippen LogP contribution < -0.4 is 0 Å². The van der Waals surface area contributed by atoms with Gasteiger partial charge in [0, 0.05) is 54.8 Å². The van der Waals surface area contributed by atoms with Crippen LogP contribution in [0.1, 0.15) is 0 Å². The van der Waals surface area contributed by atoms with E-state index in [9.17, 15) is 0 Å². The summed E-state index contributed by atoms with van der Waals surface area (Å²) in [7, 11) is 0. The zero-order valence-corrected chi connectivity index (χ0v) is 30.3. The Morgan fingerprint density at radius 3 is 1.55 bits per heavy atom. The van der Waals surface area contributed by atoms with Crippen LogP contribution in [0, 0.1) is 0 Å². The second-order valence-corrected chi connectivity index (χ2v) is 14.6. The number of nitrogens with zero attached hydrogens (tertiary/aromatic N) is 4. The van der Waals surface area contributed by atoms with E-state index in [0.29, 0.717) is 5.82 Å². The molecule has 12 rings (SSSR count). The van der Waals surface area contributed by atoms with Crippen molar-refractivity contribution in [1.82, 2.24) is 19.1 Å². The van der Waals surface area contributed by atoms with Crippen LogP contribution in [0.4, 0.5) is 0 Å². The van der Waals surface area contributed by atoms with Crippen molar-refractivity contribution >= 4 is 76.1 Å². The van der Waals surface area contributed by atoms with Crippen molar-refractivity contribution in [1.29, 1.82) is 0 Å². The molecule has 4 heteroatoms. The van der Waals surface area contributed by atoms with Gasteiger partial charge in [-0.15, -0.1) is 0 Å². The zero-order chi connectivity index (χ0) is 36.7. The first-order valence-electron chi connectivity index (χ1n) is 19.1. The SMILES string of the molecule is c1cc(-c2nc(-c3cccc4ccccc34)c3ccc4ccccc4c3n2)cc(-n2c3ccccc3c3ccc(-n4c5ccccc5c5ccccc54)cc32)c1. The molecule has 0 fully saturated rings. The fraction of sp³-hybridized carbons (Fsp3) is 0. The first-order valence-corrected chi connectivity index (χ1v) is 19.1. The molecule has 0 aliphatic heterocycles. The lowest BCUT2D eigenvalue weighted by Crippen LogP contribution is -1.99. The van der Waals surface area contributed by atoms with Gasteiger partial charge in [-0.2, -0.15) is 0 Å². The molecule has 0 N–H and O–H groups in total. The van der Waals surface area contributed by atoms with E-state index in [1.807, 2.05) is 0 Å². The Morgan fingerprint density at radius 2 is 0.839 bits per heavy atom. The molecule has 9 aromatic carbocycles. The van der Waals surface area contributed by atoms with E-state index in [2.05, 4.69) is 203 Å². The van der Waals surface area contributed by atoms with Gasteiger partial charge in [0.2, 0.25) is 0 Å². The van der Waals surface area contributed by atoms with Gasteiger partial charge in [0.05, 0.1) is 33.3 Å². The molecule has 0 spiro atoms. The predicted octanol–water partition coefficient (Wildman–Crippen LogP) is 13.5. The number of hydrogen-bond donors (Lipinski definition) is 0. The molecule has 260 valence electrons. The second-order valence-electron chi connectivity index (χ2n) is 14.6. The smallest absolute Gasteiger partial charge is 0.160 e. The van der Waals surface area contributed by atoms with Gasteiger partial charge in [-0.05, 0) is 64.7 Å². The summed E-state index contributed by atoms with van der Waals surface area (Å²) in [5.41, 5.74) is 10.8. The molecule has 4 nitrogen and oxygen atoms in total. The Hall–Kier alpha value is -7.56. The first-order chi connectivity index (χ1) is 27.8. The van der Waals surface area contributed by atoms with Gasteiger partial charge >= 0.3 is 0 Å². The summed E-state index contributed by atoms with van der Waals surface area (Å²) < 4.78 is 4.79. The van der Waals surface area contributed by atoms with Gasteiger partial charge in [0.25, 0.3) is 0 Å². The van der Waals surface area contributed by atoms with E-state index >= 15 is 0 Å². The minimum atomic E-state index is 0.699. The topological polar surface area (TPSA) is 35.6 Å². The molecular weight excluding hydrogens is 681 g/mol. The molecule has 12 aromatic rings. The van der Waals surface area contributed by atoms with E-state index < -0.39 is 0 Å². The highest BCUT2D eigenvalue weighted by Crippen LogP contribution is 2.39. The van der Waals surface area contributed by atoms with Crippen LogP contribution in [-0.4, -0.2) is 19.1 Å². The molecule has 3 heterocycles.